The number of alkyl carbamates (subject to hydrolysis) is 1. The first kappa shape index (κ1) is 21.6. The number of nitrogens with zero attached hydrogens (tertiary/aromatic N) is 4. The summed E-state index contributed by atoms with van der Waals surface area (Å²) in [5.41, 5.74) is 1.71. The zero-order chi connectivity index (χ0) is 21.9. The van der Waals surface area contributed by atoms with E-state index in [9.17, 15) is 14.4 Å². The van der Waals surface area contributed by atoms with Gasteiger partial charge in [0.25, 0.3) is 0 Å². The van der Waals surface area contributed by atoms with E-state index < -0.39 is 18.0 Å². The van der Waals surface area contributed by atoms with Gasteiger partial charge in [0.1, 0.15) is 26.0 Å². The molecule has 0 radical (unpaired) electrons. The number of hydrogen-bond acceptors (Lipinski definition) is 7. The van der Waals surface area contributed by atoms with Gasteiger partial charge in [0.15, 0.2) is 5.78 Å². The van der Waals surface area contributed by atoms with Crippen LogP contribution in [0, 0.1) is 0 Å². The number of carbonyl (C=O) groups excluding carboxylic acids is 3. The lowest BCUT2D eigenvalue weighted by Crippen LogP contribution is -2.47. The van der Waals surface area contributed by atoms with Crippen LogP contribution in [0.1, 0.15) is 11.1 Å². The Morgan fingerprint density at radius 2 is 1.65 bits per heavy atom. The van der Waals surface area contributed by atoms with E-state index in [4.69, 9.17) is 4.74 Å². The quantitative estimate of drug-likeness (QED) is 0.497. The average Bonchev–Trinajstić information content (AvgIpc) is 3.30. The Morgan fingerprint density at radius 3 is 2.29 bits per heavy atom. The van der Waals surface area contributed by atoms with Crippen LogP contribution in [0.3, 0.4) is 0 Å². The highest BCUT2D eigenvalue weighted by Crippen LogP contribution is 2.05. The maximum absolute atomic E-state index is 12.7. The van der Waals surface area contributed by atoms with Crippen molar-refractivity contribution in [3.05, 3.63) is 78.1 Å². The molecule has 160 valence electrons. The minimum Gasteiger partial charge on any atom is -0.445 e. The summed E-state index contributed by atoms with van der Waals surface area (Å²) in [4.78, 5) is 36.9. The van der Waals surface area contributed by atoms with E-state index in [0.29, 0.717) is 6.42 Å². The van der Waals surface area contributed by atoms with Crippen LogP contribution in [0.4, 0.5) is 4.79 Å². The van der Waals surface area contributed by atoms with Crippen LogP contribution in [-0.4, -0.2) is 50.6 Å². The van der Waals surface area contributed by atoms with Crippen molar-refractivity contribution >= 4 is 17.8 Å². The van der Waals surface area contributed by atoms with Gasteiger partial charge in [0.2, 0.25) is 5.91 Å². The van der Waals surface area contributed by atoms with Crippen molar-refractivity contribution in [2.75, 3.05) is 6.54 Å². The van der Waals surface area contributed by atoms with Gasteiger partial charge in [-0.15, -0.1) is 5.10 Å². The number of tetrazole rings is 1. The molecule has 0 bridgehead atoms. The van der Waals surface area contributed by atoms with E-state index in [1.165, 1.54) is 11.0 Å². The molecule has 3 rings (SSSR count). The summed E-state index contributed by atoms with van der Waals surface area (Å²) < 4.78 is 6.36. The van der Waals surface area contributed by atoms with E-state index in [2.05, 4.69) is 26.2 Å². The molecule has 0 spiro atoms. The summed E-state index contributed by atoms with van der Waals surface area (Å²) in [6, 6.07) is 17.7. The molecule has 0 aliphatic carbocycles. The highest BCUT2D eigenvalue weighted by atomic mass is 16.5. The topological polar surface area (TPSA) is 128 Å². The van der Waals surface area contributed by atoms with Crippen molar-refractivity contribution in [1.82, 2.24) is 30.8 Å². The van der Waals surface area contributed by atoms with E-state index in [1.807, 2.05) is 60.7 Å². The molecule has 2 N–H and O–H groups in total. The van der Waals surface area contributed by atoms with E-state index in [0.717, 1.165) is 11.1 Å². The number of ketones is 1. The zero-order valence-electron chi connectivity index (χ0n) is 16.7. The number of benzene rings is 2. The van der Waals surface area contributed by atoms with E-state index >= 15 is 0 Å². The highest BCUT2D eigenvalue weighted by Gasteiger charge is 2.22. The number of rotatable bonds is 10. The smallest absolute Gasteiger partial charge is 0.407 e. The van der Waals surface area contributed by atoms with E-state index in [1.54, 1.807) is 0 Å². The van der Waals surface area contributed by atoms with Gasteiger partial charge in [-0.25, -0.2) is 9.48 Å². The highest BCUT2D eigenvalue weighted by molar-refractivity contribution is 5.90. The lowest BCUT2D eigenvalue weighted by Gasteiger charge is -2.18. The van der Waals surface area contributed by atoms with Gasteiger partial charge in [-0.05, 0) is 28.0 Å². The first-order chi connectivity index (χ1) is 15.1. The fraction of sp³-hybridized carbons (Fsp3) is 0.238. The standard InChI is InChI=1S/C21H22N6O4/c28-19(13-27-15-23-25-26-27)18(11-16-7-3-1-4-8-16)24-20(29)12-22-21(30)31-14-17-9-5-2-6-10-17/h1-10,15,18H,11-14H2,(H,22,30)(H,24,29). The second kappa shape index (κ2) is 11.2. The Hall–Kier alpha value is -4.08. The molecule has 2 amide bonds. The fourth-order valence-corrected chi connectivity index (χ4v) is 2.79. The number of ether oxygens (including phenoxy) is 1. The number of Topliss-reactive ketones (excluding diaryl/α,β-unsaturated/α-hetero) is 1. The van der Waals surface area contributed by atoms with Crippen molar-refractivity contribution in [1.29, 1.82) is 0 Å². The average molecular weight is 422 g/mol. The third kappa shape index (κ3) is 7.35. The molecule has 0 fully saturated rings. The number of nitrogens with one attached hydrogen (secondary N) is 2. The van der Waals surface area contributed by atoms with Gasteiger partial charge in [-0.1, -0.05) is 60.7 Å². The SMILES string of the molecule is O=C(CNC(=O)OCc1ccccc1)NC(Cc1ccccc1)C(=O)Cn1cnnn1. The normalized spacial score (nSPS) is 11.4. The predicted molar refractivity (Wildman–Crippen MR) is 110 cm³/mol. The molecule has 10 heteroatoms. The molecule has 2 aromatic carbocycles. The number of hydrogen-bond donors (Lipinski definition) is 2. The molecule has 1 atom stereocenters. The van der Waals surface area contributed by atoms with Crippen molar-refractivity contribution < 1.29 is 19.1 Å². The molecule has 1 unspecified atom stereocenters. The van der Waals surface area contributed by atoms with Crippen molar-refractivity contribution in [2.24, 2.45) is 0 Å². The first-order valence-electron chi connectivity index (χ1n) is 9.61. The molecule has 0 aliphatic rings. The molecular formula is C21H22N6O4. The van der Waals surface area contributed by atoms with Gasteiger partial charge < -0.3 is 15.4 Å². The Labute approximate surface area is 178 Å². The fourth-order valence-electron chi connectivity index (χ4n) is 2.79. The van der Waals surface area contributed by atoms with Crippen molar-refractivity contribution in [2.45, 2.75) is 25.6 Å². The maximum Gasteiger partial charge on any atom is 0.407 e. The predicted octanol–water partition coefficient (Wildman–Crippen LogP) is 0.896. The van der Waals surface area contributed by atoms with E-state index in [-0.39, 0.29) is 25.5 Å². The number of amides is 2. The Balaban J connectivity index is 1.51. The molecule has 0 saturated heterocycles. The zero-order valence-corrected chi connectivity index (χ0v) is 16.7. The third-order valence-corrected chi connectivity index (χ3v) is 4.32. The van der Waals surface area contributed by atoms with Crippen LogP contribution in [-0.2, 0) is 33.9 Å². The minimum absolute atomic E-state index is 0.0860. The summed E-state index contributed by atoms with van der Waals surface area (Å²) in [5, 5.41) is 15.7. The molecule has 0 aliphatic heterocycles. The summed E-state index contributed by atoms with van der Waals surface area (Å²) in [7, 11) is 0. The van der Waals surface area contributed by atoms with Crippen molar-refractivity contribution in [3.8, 4) is 0 Å². The maximum atomic E-state index is 12.7. The van der Waals surface area contributed by atoms with Crippen LogP contribution in [0.15, 0.2) is 67.0 Å². The summed E-state index contributed by atoms with van der Waals surface area (Å²) in [5.74, 6) is -0.779. The Kier molecular flexibility index (Phi) is 7.81. The summed E-state index contributed by atoms with van der Waals surface area (Å²) in [6.45, 7) is -0.316. The van der Waals surface area contributed by atoms with Gasteiger partial charge in [-0.2, -0.15) is 0 Å². The molecule has 3 aromatic rings. The van der Waals surface area contributed by atoms with Gasteiger partial charge in [-0.3, -0.25) is 9.59 Å². The monoisotopic (exact) mass is 422 g/mol. The molecule has 0 saturated carbocycles. The Bertz CT molecular complexity index is 980. The van der Waals surface area contributed by atoms with Gasteiger partial charge >= 0.3 is 6.09 Å². The lowest BCUT2D eigenvalue weighted by atomic mass is 10.0. The van der Waals surface area contributed by atoms with Gasteiger partial charge in [0, 0.05) is 0 Å². The Morgan fingerprint density at radius 1 is 0.968 bits per heavy atom. The number of aromatic nitrogens is 4. The second-order valence-electron chi connectivity index (χ2n) is 6.70. The van der Waals surface area contributed by atoms with Crippen molar-refractivity contribution in [3.63, 3.8) is 0 Å². The first-order valence-corrected chi connectivity index (χ1v) is 9.61. The van der Waals surface area contributed by atoms with Crippen LogP contribution >= 0.6 is 0 Å². The van der Waals surface area contributed by atoms with Crippen LogP contribution in [0.25, 0.3) is 0 Å². The molecule has 1 heterocycles. The summed E-state index contributed by atoms with van der Waals surface area (Å²) >= 11 is 0. The second-order valence-corrected chi connectivity index (χ2v) is 6.70. The molecule has 10 nitrogen and oxygen atoms in total. The molecule has 1 aromatic heterocycles. The minimum atomic E-state index is -0.804. The lowest BCUT2D eigenvalue weighted by molar-refractivity contribution is -0.127. The van der Waals surface area contributed by atoms with Gasteiger partial charge in [0.05, 0.1) is 6.04 Å². The molecule has 31 heavy (non-hydrogen) atoms. The molecular weight excluding hydrogens is 400 g/mol. The summed E-state index contributed by atoms with van der Waals surface area (Å²) in [6.07, 6.45) is 0.897. The van der Waals surface area contributed by atoms with Crippen LogP contribution < -0.4 is 10.6 Å². The number of carbonyl (C=O) groups is 3. The third-order valence-electron chi connectivity index (χ3n) is 4.32. The largest absolute Gasteiger partial charge is 0.445 e. The van der Waals surface area contributed by atoms with Crippen LogP contribution in [0.5, 0.6) is 0 Å². The van der Waals surface area contributed by atoms with Crippen LogP contribution in [0.2, 0.25) is 0 Å².